The summed E-state index contributed by atoms with van der Waals surface area (Å²) in [7, 11) is 0. The van der Waals surface area contributed by atoms with E-state index in [0.29, 0.717) is 18.0 Å². The van der Waals surface area contributed by atoms with E-state index in [2.05, 4.69) is 173 Å². The van der Waals surface area contributed by atoms with Gasteiger partial charge in [0.1, 0.15) is 24.2 Å². The van der Waals surface area contributed by atoms with Crippen molar-refractivity contribution in [2.24, 2.45) is 25.0 Å². The Labute approximate surface area is 505 Å². The Kier molecular flexibility index (Phi) is 17.6. The highest BCUT2D eigenvalue weighted by molar-refractivity contribution is 7.15. The quantitative estimate of drug-likeness (QED) is 0.137. The Morgan fingerprint density at radius 1 is 0.481 bits per heavy atom. The molecule has 7 aliphatic rings. The molecule has 15 rings (SSSR count). The first kappa shape index (κ1) is 57.0. The van der Waals surface area contributed by atoms with E-state index in [1.807, 2.05) is 75.4 Å². The van der Waals surface area contributed by atoms with Crippen molar-refractivity contribution < 1.29 is 4.42 Å². The molecule has 13 heterocycles. The molecule has 8 aromatic rings. The predicted octanol–water partition coefficient (Wildman–Crippen LogP) is 19.5. The van der Waals surface area contributed by atoms with Crippen LogP contribution in [0.4, 0.5) is 16.4 Å². The summed E-state index contributed by atoms with van der Waals surface area (Å²) in [4.78, 5) is 31.4. The number of anilines is 2. The molecule has 2 aliphatic carbocycles. The lowest BCUT2D eigenvalue weighted by molar-refractivity contribution is 0.492. The second kappa shape index (κ2) is 25.0. The smallest absolute Gasteiger partial charge is 0.157 e. The minimum atomic E-state index is 0.0185. The average Bonchev–Trinajstić information content (AvgIpc) is 4.52. The Bertz CT molecular complexity index is 3690. The lowest BCUT2D eigenvalue weighted by Crippen LogP contribution is -2.25. The largest absolute Gasteiger partial charge is 0.464 e. The van der Waals surface area contributed by atoms with E-state index < -0.39 is 0 Å². The molecule has 0 fully saturated rings. The summed E-state index contributed by atoms with van der Waals surface area (Å²) in [5, 5.41) is 29.7. The summed E-state index contributed by atoms with van der Waals surface area (Å²) in [6, 6.07) is 7.04. The molecule has 4 N–H and O–H groups in total. The van der Waals surface area contributed by atoms with Crippen LogP contribution < -0.4 is 21.3 Å². The molecule has 5 atom stereocenters. The number of hydrogen-bond donors (Lipinski definition) is 4. The Hall–Kier alpha value is -5.79. The first-order chi connectivity index (χ1) is 39.2. The lowest BCUT2D eigenvalue weighted by Gasteiger charge is -2.23. The highest BCUT2D eigenvalue weighted by Crippen LogP contribution is 2.47. The van der Waals surface area contributed by atoms with E-state index in [1.165, 1.54) is 162 Å². The Morgan fingerprint density at radius 3 is 1.63 bits per heavy atom. The SMILES string of the molecule is CC1=NC(c2scc(C)c2C)C2=C(CCC2)N1.Cc1csc(C2CC=Nc3ccsc32)c1C.Cc1csc(C2N=CNC3=C2CCC3)c1C.Cc1csc(C2N=CNc3ccoc32)c1C.Cc1csc(C2N=CNc3sccc32)c1C. The molecule has 0 radical (unpaired) electrons. The molecule has 81 heavy (non-hydrogen) atoms. The molecule has 0 saturated carbocycles. The fraction of sp³-hybridized carbons (Fsp3) is 0.359. The van der Waals surface area contributed by atoms with Crippen LogP contribution in [0.2, 0.25) is 0 Å². The predicted molar refractivity (Wildman–Crippen MR) is 354 cm³/mol. The van der Waals surface area contributed by atoms with Crippen LogP contribution in [0.5, 0.6) is 0 Å². The van der Waals surface area contributed by atoms with Crippen molar-refractivity contribution in [3.8, 4) is 0 Å². The van der Waals surface area contributed by atoms with Gasteiger partial charge in [-0.15, -0.1) is 79.4 Å². The van der Waals surface area contributed by atoms with Gasteiger partial charge in [0.15, 0.2) is 5.76 Å². The number of rotatable bonds is 5. The summed E-state index contributed by atoms with van der Waals surface area (Å²) >= 11 is 12.8. The van der Waals surface area contributed by atoms with Crippen LogP contribution >= 0.6 is 79.4 Å². The lowest BCUT2D eigenvalue weighted by atomic mass is 9.96. The molecular formula is C64H71N9OS7. The van der Waals surface area contributed by atoms with Crippen LogP contribution in [0.15, 0.2) is 114 Å². The number of fused-ring (bicyclic) bond motifs is 3. The van der Waals surface area contributed by atoms with Crippen LogP contribution in [0.3, 0.4) is 0 Å². The summed E-state index contributed by atoms with van der Waals surface area (Å²) in [5.41, 5.74) is 23.3. The van der Waals surface area contributed by atoms with Gasteiger partial charge in [-0.3, -0.25) is 25.0 Å². The third-order valence-electron chi connectivity index (χ3n) is 16.6. The van der Waals surface area contributed by atoms with Gasteiger partial charge in [0.05, 0.1) is 47.5 Å². The van der Waals surface area contributed by atoms with Crippen LogP contribution in [0, 0.1) is 69.2 Å². The van der Waals surface area contributed by atoms with Crippen molar-refractivity contribution in [2.75, 3.05) is 10.6 Å². The summed E-state index contributed by atoms with van der Waals surface area (Å²) < 4.78 is 5.52. The zero-order valence-corrected chi connectivity index (χ0v) is 53.7. The monoisotopic (exact) mass is 1210 g/mol. The number of hydrogen-bond acceptors (Lipinski definition) is 17. The molecule has 0 saturated heterocycles. The summed E-state index contributed by atoms with van der Waals surface area (Å²) in [6.07, 6.45) is 17.6. The number of aliphatic imine (C=N–C) groups is 5. The number of amidine groups is 1. The first-order valence-electron chi connectivity index (χ1n) is 27.8. The number of thiophene rings is 7. The molecule has 5 unspecified atom stereocenters. The Balaban J connectivity index is 0.000000107. The maximum atomic E-state index is 5.52. The van der Waals surface area contributed by atoms with Crippen molar-refractivity contribution in [3.63, 3.8) is 0 Å². The first-order valence-corrected chi connectivity index (χ1v) is 34.0. The number of allylic oxidation sites excluding steroid dienone is 2. The van der Waals surface area contributed by atoms with Gasteiger partial charge in [0, 0.05) is 64.4 Å². The topological polar surface area (TPSA) is 123 Å². The van der Waals surface area contributed by atoms with Gasteiger partial charge in [0.2, 0.25) is 0 Å². The van der Waals surface area contributed by atoms with E-state index in [4.69, 9.17) is 9.41 Å². The molecule has 5 aliphatic heterocycles. The molecule has 0 spiro atoms. The third-order valence-corrected chi connectivity index (χ3v) is 24.8. The third kappa shape index (κ3) is 11.8. The zero-order chi connectivity index (χ0) is 56.5. The van der Waals surface area contributed by atoms with Crippen LogP contribution in [-0.4, -0.2) is 31.1 Å². The van der Waals surface area contributed by atoms with E-state index in [9.17, 15) is 0 Å². The van der Waals surface area contributed by atoms with Gasteiger partial charge in [-0.25, -0.2) is 0 Å². The highest BCUT2D eigenvalue weighted by Gasteiger charge is 2.32. The van der Waals surface area contributed by atoms with Crippen molar-refractivity contribution >= 4 is 127 Å². The normalized spacial score (nSPS) is 20.5. The molecule has 17 heteroatoms. The van der Waals surface area contributed by atoms with Gasteiger partial charge in [-0.2, -0.15) is 0 Å². The molecule has 0 aromatic carbocycles. The van der Waals surface area contributed by atoms with Crippen LogP contribution in [-0.2, 0) is 0 Å². The van der Waals surface area contributed by atoms with Crippen molar-refractivity contribution in [3.05, 3.63) is 181 Å². The van der Waals surface area contributed by atoms with Gasteiger partial charge < -0.3 is 25.7 Å². The fourth-order valence-electron chi connectivity index (χ4n) is 11.2. The molecule has 10 nitrogen and oxygen atoms in total. The number of nitrogens with zero attached hydrogens (tertiary/aromatic N) is 5. The van der Waals surface area contributed by atoms with Gasteiger partial charge in [-0.1, -0.05) is 0 Å². The molecule has 0 bridgehead atoms. The second-order valence-corrected chi connectivity index (χ2v) is 28.1. The van der Waals surface area contributed by atoms with Crippen molar-refractivity contribution in [2.45, 2.75) is 151 Å². The van der Waals surface area contributed by atoms with Crippen molar-refractivity contribution in [1.29, 1.82) is 0 Å². The second-order valence-electron chi connectivity index (χ2n) is 21.6. The summed E-state index contributed by atoms with van der Waals surface area (Å²) in [6.45, 7) is 23.9. The number of furan rings is 1. The standard InChI is InChI=1S/C14H18N2S.C13H16N2S.C13H13NS2.C12H12N2OS.C12H12N2S2/c1-8-7-17-14(9(8)2)13-11-5-4-6-12(11)15-10(3)16-13;1-8-6-16-13(9(8)2)12-10-4-3-5-11(10)14-7-15-12;1-8-7-16-12(9(8)2)10-3-5-14-11-4-6-15-13(10)11;1-7-5-16-12(8(7)2)10-11-9(3-4-15-11)13-6-14-10;1-7-5-16-11(8(7)2)10-9-3-4-15-12(9)14-6-13-10/h7,13H,4-6H2,1-3H3,(H,15,16);6-7,12H,3-5H2,1-2H3,(H,14,15);4-7,10H,3H2,1-2H3;2*3-6,10H,1-2H3,(H,13,14). The minimum absolute atomic E-state index is 0.0185. The van der Waals surface area contributed by atoms with E-state index >= 15 is 0 Å². The minimum Gasteiger partial charge on any atom is -0.464 e. The average molecular weight is 1210 g/mol. The molecular weight excluding hydrogens is 1140 g/mol. The number of nitrogens with one attached hydrogen (secondary N) is 4. The molecule has 420 valence electrons. The summed E-state index contributed by atoms with van der Waals surface area (Å²) in [5.74, 6) is 2.53. The Morgan fingerprint density at radius 2 is 1.00 bits per heavy atom. The van der Waals surface area contributed by atoms with Gasteiger partial charge >= 0.3 is 0 Å². The van der Waals surface area contributed by atoms with E-state index in [1.54, 1.807) is 35.3 Å². The highest BCUT2D eigenvalue weighted by atomic mass is 32.1. The molecule has 8 aromatic heterocycles. The van der Waals surface area contributed by atoms with Crippen molar-refractivity contribution in [1.82, 2.24) is 10.6 Å². The van der Waals surface area contributed by atoms with Crippen LogP contribution in [0.25, 0.3) is 0 Å². The fourth-order valence-corrected chi connectivity index (χ4v) is 18.8. The maximum absolute atomic E-state index is 5.52. The maximum Gasteiger partial charge on any atom is 0.157 e. The zero-order valence-electron chi connectivity index (χ0n) is 48.0. The van der Waals surface area contributed by atoms with E-state index in [0.717, 1.165) is 23.7 Å². The van der Waals surface area contributed by atoms with Gasteiger partial charge in [0.25, 0.3) is 0 Å². The molecule has 0 amide bonds. The number of aryl methyl sites for hydroxylation is 5. The van der Waals surface area contributed by atoms with Crippen LogP contribution in [0.1, 0.15) is 178 Å². The van der Waals surface area contributed by atoms with Gasteiger partial charge in [-0.05, 0) is 238 Å². The van der Waals surface area contributed by atoms with E-state index in [-0.39, 0.29) is 12.1 Å².